The van der Waals surface area contributed by atoms with Gasteiger partial charge in [-0.05, 0) is 37.1 Å². The molecule has 0 atom stereocenters. The summed E-state index contributed by atoms with van der Waals surface area (Å²) in [6.07, 6.45) is 5.04. The Morgan fingerprint density at radius 2 is 1.16 bits per heavy atom. The molecule has 0 radical (unpaired) electrons. The molecule has 2 N–H and O–H groups in total. The van der Waals surface area contributed by atoms with Gasteiger partial charge in [0.15, 0.2) is 0 Å². The molecule has 0 heterocycles. The fourth-order valence-corrected chi connectivity index (χ4v) is 2.14. The molecular formula is C20H24N2O3. The average Bonchev–Trinajstić information content (AvgIpc) is 2.62. The summed E-state index contributed by atoms with van der Waals surface area (Å²) in [7, 11) is 0. The lowest BCUT2D eigenvalue weighted by molar-refractivity contribution is 0.132. The number of aromatic hydroxyl groups is 2. The van der Waals surface area contributed by atoms with Crippen molar-refractivity contribution >= 4 is 12.4 Å². The largest absolute Gasteiger partial charge is 0.507 e. The molecule has 0 aliphatic heterocycles. The van der Waals surface area contributed by atoms with E-state index in [9.17, 15) is 10.2 Å². The molecule has 25 heavy (non-hydrogen) atoms. The van der Waals surface area contributed by atoms with E-state index in [1.165, 1.54) is 0 Å². The lowest BCUT2D eigenvalue weighted by atomic mass is 10.2. The first kappa shape index (κ1) is 18.7. The number of rotatable bonds is 10. The van der Waals surface area contributed by atoms with Crippen molar-refractivity contribution in [3.05, 3.63) is 59.7 Å². The number of ether oxygens (including phenoxy) is 1. The van der Waals surface area contributed by atoms with E-state index in [1.807, 2.05) is 24.3 Å². The molecule has 0 aliphatic rings. The molecule has 0 bridgehead atoms. The molecule has 0 unspecified atom stereocenters. The molecule has 2 aromatic rings. The van der Waals surface area contributed by atoms with E-state index in [1.54, 1.807) is 36.7 Å². The Morgan fingerprint density at radius 3 is 1.60 bits per heavy atom. The Morgan fingerprint density at radius 1 is 0.720 bits per heavy atom. The van der Waals surface area contributed by atoms with Crippen LogP contribution in [0.4, 0.5) is 0 Å². The van der Waals surface area contributed by atoms with Crippen molar-refractivity contribution in [1.29, 1.82) is 0 Å². The minimum Gasteiger partial charge on any atom is -0.507 e. The lowest BCUT2D eigenvalue weighted by Gasteiger charge is -2.02. The summed E-state index contributed by atoms with van der Waals surface area (Å²) in [4.78, 5) is 8.56. The number of hydrogen-bond donors (Lipinski definition) is 2. The van der Waals surface area contributed by atoms with Crippen LogP contribution >= 0.6 is 0 Å². The van der Waals surface area contributed by atoms with E-state index in [-0.39, 0.29) is 11.5 Å². The third-order valence-corrected chi connectivity index (χ3v) is 3.49. The molecule has 0 amide bonds. The molecule has 0 aliphatic carbocycles. The molecule has 0 saturated carbocycles. The lowest BCUT2D eigenvalue weighted by Crippen LogP contribution is -2.00. The van der Waals surface area contributed by atoms with Crippen LogP contribution in [0.15, 0.2) is 58.5 Å². The van der Waals surface area contributed by atoms with Gasteiger partial charge in [0.05, 0.1) is 0 Å². The number of nitrogens with zero attached hydrogens (tertiary/aromatic N) is 2. The van der Waals surface area contributed by atoms with Crippen LogP contribution in [0.1, 0.15) is 24.0 Å². The van der Waals surface area contributed by atoms with Crippen molar-refractivity contribution in [2.75, 3.05) is 26.3 Å². The highest BCUT2D eigenvalue weighted by atomic mass is 16.5. The zero-order chi connectivity index (χ0) is 17.7. The summed E-state index contributed by atoms with van der Waals surface area (Å²) < 4.78 is 5.54. The molecule has 2 aromatic carbocycles. The summed E-state index contributed by atoms with van der Waals surface area (Å²) >= 11 is 0. The predicted octanol–water partition coefficient (Wildman–Crippen LogP) is 3.43. The second kappa shape index (κ2) is 11.0. The van der Waals surface area contributed by atoms with Crippen LogP contribution in [0.2, 0.25) is 0 Å². The van der Waals surface area contributed by atoms with E-state index >= 15 is 0 Å². The van der Waals surface area contributed by atoms with Gasteiger partial charge < -0.3 is 14.9 Å². The second-order valence-corrected chi connectivity index (χ2v) is 5.51. The first-order valence-electron chi connectivity index (χ1n) is 8.41. The number of hydrogen-bond acceptors (Lipinski definition) is 5. The number of phenols is 2. The quantitative estimate of drug-likeness (QED) is 0.514. The Bertz CT molecular complexity index is 639. The van der Waals surface area contributed by atoms with Gasteiger partial charge >= 0.3 is 0 Å². The fourth-order valence-electron chi connectivity index (χ4n) is 2.14. The zero-order valence-corrected chi connectivity index (χ0v) is 14.2. The Labute approximate surface area is 148 Å². The summed E-state index contributed by atoms with van der Waals surface area (Å²) in [6.45, 7) is 2.64. The van der Waals surface area contributed by atoms with Crippen LogP contribution in [0.5, 0.6) is 11.5 Å². The van der Waals surface area contributed by atoms with Crippen LogP contribution in [0, 0.1) is 0 Å². The predicted molar refractivity (Wildman–Crippen MR) is 101 cm³/mol. The third-order valence-electron chi connectivity index (χ3n) is 3.49. The molecule has 2 rings (SSSR count). The highest BCUT2D eigenvalue weighted by molar-refractivity contribution is 5.83. The molecule has 5 nitrogen and oxygen atoms in total. The monoisotopic (exact) mass is 340 g/mol. The number of phenolic OH excluding ortho intramolecular Hbond substituents is 2. The standard InChI is InChI=1S/C20H24N2O3/c23-19-9-3-1-7-17(19)15-21-11-5-13-25-14-6-12-22-16-18-8-2-4-10-20(18)24/h1-4,7-10,15-16,23-24H,5-6,11-14H2. The van der Waals surface area contributed by atoms with E-state index in [2.05, 4.69) is 9.98 Å². The highest BCUT2D eigenvalue weighted by Crippen LogP contribution is 2.13. The van der Waals surface area contributed by atoms with Gasteiger partial charge in [-0.3, -0.25) is 9.98 Å². The van der Waals surface area contributed by atoms with Crippen LogP contribution in [0.3, 0.4) is 0 Å². The second-order valence-electron chi connectivity index (χ2n) is 5.51. The van der Waals surface area contributed by atoms with Crippen LogP contribution in [0.25, 0.3) is 0 Å². The fraction of sp³-hybridized carbons (Fsp3) is 0.300. The molecule has 0 spiro atoms. The van der Waals surface area contributed by atoms with Crippen LogP contribution < -0.4 is 0 Å². The van der Waals surface area contributed by atoms with Crippen molar-refractivity contribution in [3.8, 4) is 11.5 Å². The van der Waals surface area contributed by atoms with Crippen LogP contribution in [-0.4, -0.2) is 48.9 Å². The maximum atomic E-state index is 9.60. The molecular weight excluding hydrogens is 316 g/mol. The van der Waals surface area contributed by atoms with E-state index in [4.69, 9.17) is 4.74 Å². The van der Waals surface area contributed by atoms with Gasteiger partial charge in [0.1, 0.15) is 11.5 Å². The van der Waals surface area contributed by atoms with Gasteiger partial charge in [-0.1, -0.05) is 24.3 Å². The number of benzene rings is 2. The molecule has 0 fully saturated rings. The van der Waals surface area contributed by atoms with Crippen molar-refractivity contribution in [1.82, 2.24) is 0 Å². The average molecular weight is 340 g/mol. The molecule has 0 saturated heterocycles. The first-order chi connectivity index (χ1) is 12.3. The summed E-state index contributed by atoms with van der Waals surface area (Å²) in [5.74, 6) is 0.485. The number of aliphatic imine (C=N–C) groups is 2. The normalized spacial score (nSPS) is 11.5. The van der Waals surface area contributed by atoms with Gasteiger partial charge in [0.2, 0.25) is 0 Å². The summed E-state index contributed by atoms with van der Waals surface area (Å²) in [5, 5.41) is 19.2. The van der Waals surface area contributed by atoms with Crippen molar-refractivity contribution in [2.45, 2.75) is 12.8 Å². The first-order valence-corrected chi connectivity index (χ1v) is 8.41. The Hall–Kier alpha value is -2.66. The highest BCUT2D eigenvalue weighted by Gasteiger charge is 1.95. The van der Waals surface area contributed by atoms with Crippen LogP contribution in [-0.2, 0) is 4.74 Å². The summed E-state index contributed by atoms with van der Waals surface area (Å²) in [5.41, 5.74) is 1.46. The topological polar surface area (TPSA) is 74.4 Å². The Kier molecular flexibility index (Phi) is 8.21. The van der Waals surface area contributed by atoms with Gasteiger partial charge in [-0.15, -0.1) is 0 Å². The number of para-hydroxylation sites is 2. The maximum absolute atomic E-state index is 9.60. The minimum atomic E-state index is 0.242. The third kappa shape index (κ3) is 7.18. The van der Waals surface area contributed by atoms with Crippen molar-refractivity contribution < 1.29 is 14.9 Å². The maximum Gasteiger partial charge on any atom is 0.124 e. The smallest absolute Gasteiger partial charge is 0.124 e. The van der Waals surface area contributed by atoms with Gasteiger partial charge in [0, 0.05) is 49.9 Å². The summed E-state index contributed by atoms with van der Waals surface area (Å²) in [6, 6.07) is 14.2. The minimum absolute atomic E-state index is 0.242. The molecule has 132 valence electrons. The van der Waals surface area contributed by atoms with E-state index in [0.29, 0.717) is 26.3 Å². The van der Waals surface area contributed by atoms with Crippen molar-refractivity contribution in [2.24, 2.45) is 9.98 Å². The zero-order valence-electron chi connectivity index (χ0n) is 14.2. The van der Waals surface area contributed by atoms with Gasteiger partial charge in [-0.25, -0.2) is 0 Å². The van der Waals surface area contributed by atoms with E-state index < -0.39 is 0 Å². The molecule has 0 aromatic heterocycles. The van der Waals surface area contributed by atoms with Gasteiger partial charge in [-0.2, -0.15) is 0 Å². The molecule has 5 heteroatoms. The Balaban J connectivity index is 1.50. The van der Waals surface area contributed by atoms with E-state index in [0.717, 1.165) is 24.0 Å². The van der Waals surface area contributed by atoms with Gasteiger partial charge in [0.25, 0.3) is 0 Å². The van der Waals surface area contributed by atoms with Crippen molar-refractivity contribution in [3.63, 3.8) is 0 Å². The SMILES string of the molecule is Oc1ccccc1C=NCCCOCCCN=Cc1ccccc1O.